The second-order valence-electron chi connectivity index (χ2n) is 6.07. The monoisotopic (exact) mass is 344 g/mol. The third-order valence-corrected chi connectivity index (χ3v) is 4.53. The number of anilines is 1. The smallest absolute Gasteiger partial charge is 0.231 e. The SMILES string of the molecule is CCNCc1ccccc1NC(=O)C1CCCc2ccccc21.Cl. The van der Waals surface area contributed by atoms with Gasteiger partial charge in [-0.15, -0.1) is 12.4 Å². The quantitative estimate of drug-likeness (QED) is 0.850. The molecule has 0 saturated heterocycles. The van der Waals surface area contributed by atoms with E-state index >= 15 is 0 Å². The Morgan fingerprint density at radius 2 is 1.88 bits per heavy atom. The molecule has 0 fully saturated rings. The zero-order valence-corrected chi connectivity index (χ0v) is 14.9. The van der Waals surface area contributed by atoms with E-state index in [-0.39, 0.29) is 24.2 Å². The highest BCUT2D eigenvalue weighted by atomic mass is 35.5. The van der Waals surface area contributed by atoms with Crippen molar-refractivity contribution in [2.75, 3.05) is 11.9 Å². The number of hydrogen-bond acceptors (Lipinski definition) is 2. The summed E-state index contributed by atoms with van der Waals surface area (Å²) in [7, 11) is 0. The van der Waals surface area contributed by atoms with Crippen LogP contribution in [0, 0.1) is 0 Å². The van der Waals surface area contributed by atoms with E-state index in [4.69, 9.17) is 0 Å². The predicted octanol–water partition coefficient (Wildman–Crippen LogP) is 4.28. The predicted molar refractivity (Wildman–Crippen MR) is 102 cm³/mol. The van der Waals surface area contributed by atoms with Crippen LogP contribution in [-0.4, -0.2) is 12.5 Å². The minimum atomic E-state index is -0.0351. The van der Waals surface area contributed by atoms with Crippen molar-refractivity contribution in [1.29, 1.82) is 0 Å². The fourth-order valence-electron chi connectivity index (χ4n) is 3.30. The van der Waals surface area contributed by atoms with Gasteiger partial charge in [-0.25, -0.2) is 0 Å². The summed E-state index contributed by atoms with van der Waals surface area (Å²) < 4.78 is 0. The maximum absolute atomic E-state index is 12.8. The summed E-state index contributed by atoms with van der Waals surface area (Å²) in [5, 5.41) is 6.47. The van der Waals surface area contributed by atoms with E-state index in [0.717, 1.165) is 43.6 Å². The molecule has 0 radical (unpaired) electrons. The lowest BCUT2D eigenvalue weighted by Gasteiger charge is -2.25. The van der Waals surface area contributed by atoms with Crippen molar-refractivity contribution >= 4 is 24.0 Å². The van der Waals surface area contributed by atoms with Gasteiger partial charge in [0.2, 0.25) is 5.91 Å². The Morgan fingerprint density at radius 3 is 2.71 bits per heavy atom. The van der Waals surface area contributed by atoms with Crippen LogP contribution in [0.4, 0.5) is 5.69 Å². The zero-order valence-electron chi connectivity index (χ0n) is 14.0. The van der Waals surface area contributed by atoms with Crippen LogP contribution in [0.15, 0.2) is 48.5 Å². The van der Waals surface area contributed by atoms with Crippen LogP contribution in [0.25, 0.3) is 0 Å². The van der Waals surface area contributed by atoms with Crippen LogP contribution in [-0.2, 0) is 17.8 Å². The van der Waals surface area contributed by atoms with Gasteiger partial charge >= 0.3 is 0 Å². The molecular weight excluding hydrogens is 320 g/mol. The summed E-state index contributed by atoms with van der Waals surface area (Å²) in [6.07, 6.45) is 3.09. The standard InChI is InChI=1S/C20H24N2O.ClH/c1-2-21-14-16-9-4-6-13-19(16)22-20(23)18-12-7-10-15-8-3-5-11-17(15)18;/h3-6,8-9,11,13,18,21H,2,7,10,12,14H2,1H3,(H,22,23);1H. The molecule has 0 aromatic heterocycles. The number of halogens is 1. The summed E-state index contributed by atoms with van der Waals surface area (Å²) in [4.78, 5) is 12.8. The minimum absolute atomic E-state index is 0. The summed E-state index contributed by atoms with van der Waals surface area (Å²) >= 11 is 0. The second kappa shape index (κ2) is 8.86. The number of carbonyl (C=O) groups is 1. The summed E-state index contributed by atoms with van der Waals surface area (Å²) in [5.74, 6) is 0.0771. The number of rotatable bonds is 5. The number of amides is 1. The van der Waals surface area contributed by atoms with Crippen molar-refractivity contribution in [3.63, 3.8) is 0 Å². The van der Waals surface area contributed by atoms with Crippen molar-refractivity contribution < 1.29 is 4.79 Å². The molecule has 2 N–H and O–H groups in total. The second-order valence-corrected chi connectivity index (χ2v) is 6.07. The van der Waals surface area contributed by atoms with Gasteiger partial charge in [0.15, 0.2) is 0 Å². The molecule has 1 aliphatic carbocycles. The van der Waals surface area contributed by atoms with Crippen LogP contribution in [0.5, 0.6) is 0 Å². The molecule has 0 bridgehead atoms. The first-order valence-electron chi connectivity index (χ1n) is 8.47. The average molecular weight is 345 g/mol. The van der Waals surface area contributed by atoms with E-state index in [2.05, 4.69) is 41.8 Å². The van der Waals surface area contributed by atoms with Crippen LogP contribution in [0.2, 0.25) is 0 Å². The third kappa shape index (κ3) is 4.16. The first-order chi connectivity index (χ1) is 11.3. The van der Waals surface area contributed by atoms with E-state index in [9.17, 15) is 4.79 Å². The molecule has 128 valence electrons. The highest BCUT2D eigenvalue weighted by molar-refractivity contribution is 5.96. The average Bonchev–Trinajstić information content (AvgIpc) is 2.60. The number of aryl methyl sites for hydroxylation is 1. The summed E-state index contributed by atoms with van der Waals surface area (Å²) in [5.41, 5.74) is 4.56. The number of hydrogen-bond donors (Lipinski definition) is 2. The van der Waals surface area contributed by atoms with Gasteiger partial charge in [-0.2, -0.15) is 0 Å². The van der Waals surface area contributed by atoms with E-state index in [1.54, 1.807) is 0 Å². The number of carbonyl (C=O) groups excluding carboxylic acids is 1. The van der Waals surface area contributed by atoms with Crippen molar-refractivity contribution in [3.8, 4) is 0 Å². The lowest BCUT2D eigenvalue weighted by Crippen LogP contribution is -2.25. The molecule has 0 aliphatic heterocycles. The lowest BCUT2D eigenvalue weighted by atomic mass is 9.82. The summed E-state index contributed by atoms with van der Waals surface area (Å²) in [6, 6.07) is 16.4. The van der Waals surface area contributed by atoms with Crippen LogP contribution < -0.4 is 10.6 Å². The van der Waals surface area contributed by atoms with Gasteiger partial charge in [0.05, 0.1) is 5.92 Å². The van der Waals surface area contributed by atoms with Gasteiger partial charge < -0.3 is 10.6 Å². The van der Waals surface area contributed by atoms with Gasteiger partial charge in [-0.1, -0.05) is 49.4 Å². The molecule has 1 aliphatic rings. The number of fused-ring (bicyclic) bond motifs is 1. The molecule has 4 heteroatoms. The summed E-state index contributed by atoms with van der Waals surface area (Å²) in [6.45, 7) is 3.77. The van der Waals surface area contributed by atoms with Gasteiger partial charge in [-0.3, -0.25) is 4.79 Å². The first-order valence-corrected chi connectivity index (χ1v) is 8.47. The van der Waals surface area contributed by atoms with Crippen LogP contribution in [0.1, 0.15) is 42.4 Å². The lowest BCUT2D eigenvalue weighted by molar-refractivity contribution is -0.117. The van der Waals surface area contributed by atoms with E-state index in [0.29, 0.717) is 0 Å². The molecule has 1 amide bonds. The van der Waals surface area contributed by atoms with Crippen molar-refractivity contribution in [1.82, 2.24) is 5.32 Å². The molecular formula is C20H25ClN2O. The van der Waals surface area contributed by atoms with E-state index in [1.807, 2.05) is 24.3 Å². The first kappa shape index (κ1) is 18.5. The highest BCUT2D eigenvalue weighted by Crippen LogP contribution is 2.32. The Balaban J connectivity index is 0.00000208. The largest absolute Gasteiger partial charge is 0.325 e. The molecule has 0 saturated carbocycles. The fraction of sp³-hybridized carbons (Fsp3) is 0.350. The highest BCUT2D eigenvalue weighted by Gasteiger charge is 2.26. The minimum Gasteiger partial charge on any atom is -0.325 e. The molecule has 3 rings (SSSR count). The molecule has 1 unspecified atom stereocenters. The maximum Gasteiger partial charge on any atom is 0.231 e. The number of benzene rings is 2. The molecule has 1 atom stereocenters. The Labute approximate surface area is 150 Å². The normalized spacial score (nSPS) is 16.0. The van der Waals surface area contributed by atoms with Crippen LogP contribution in [0.3, 0.4) is 0 Å². The number of para-hydroxylation sites is 1. The Hall–Kier alpha value is -1.84. The van der Waals surface area contributed by atoms with Gasteiger partial charge in [0, 0.05) is 12.2 Å². The molecule has 3 nitrogen and oxygen atoms in total. The van der Waals surface area contributed by atoms with Crippen molar-refractivity contribution in [2.24, 2.45) is 0 Å². The Morgan fingerprint density at radius 1 is 1.12 bits per heavy atom. The van der Waals surface area contributed by atoms with Crippen molar-refractivity contribution in [3.05, 3.63) is 65.2 Å². The van der Waals surface area contributed by atoms with Gasteiger partial charge in [0.1, 0.15) is 0 Å². The third-order valence-electron chi connectivity index (χ3n) is 4.53. The topological polar surface area (TPSA) is 41.1 Å². The van der Waals surface area contributed by atoms with Crippen molar-refractivity contribution in [2.45, 2.75) is 38.6 Å². The zero-order chi connectivity index (χ0) is 16.1. The Bertz CT molecular complexity index is 687. The van der Waals surface area contributed by atoms with Gasteiger partial charge in [-0.05, 0) is 48.6 Å². The van der Waals surface area contributed by atoms with E-state index < -0.39 is 0 Å². The number of nitrogens with one attached hydrogen (secondary N) is 2. The molecule has 2 aromatic carbocycles. The van der Waals surface area contributed by atoms with Crippen LogP contribution >= 0.6 is 12.4 Å². The van der Waals surface area contributed by atoms with Gasteiger partial charge in [0.25, 0.3) is 0 Å². The Kier molecular flexibility index (Phi) is 6.83. The fourth-order valence-corrected chi connectivity index (χ4v) is 3.30. The molecule has 24 heavy (non-hydrogen) atoms. The van der Waals surface area contributed by atoms with E-state index in [1.165, 1.54) is 11.1 Å². The molecule has 2 aromatic rings. The maximum atomic E-state index is 12.8. The molecule has 0 spiro atoms. The molecule has 0 heterocycles.